The van der Waals surface area contributed by atoms with Crippen LogP contribution in [0.4, 0.5) is 5.82 Å². The monoisotopic (exact) mass is 228 g/mol. The number of aromatic nitrogens is 1. The van der Waals surface area contributed by atoms with Gasteiger partial charge in [0.2, 0.25) is 0 Å². The summed E-state index contributed by atoms with van der Waals surface area (Å²) >= 11 is 5.84. The maximum atomic E-state index is 5.84. The molecule has 16 heavy (non-hydrogen) atoms. The molecule has 0 aliphatic carbocycles. The Morgan fingerprint density at radius 3 is 2.44 bits per heavy atom. The molecule has 0 spiro atoms. The summed E-state index contributed by atoms with van der Waals surface area (Å²) in [5.74, 6) is 6.32. The number of nitrogens with zero attached hydrogens (tertiary/aromatic N) is 1. The summed E-state index contributed by atoms with van der Waals surface area (Å²) in [7, 11) is 0. The van der Waals surface area contributed by atoms with Crippen LogP contribution >= 0.6 is 11.6 Å². The minimum atomic E-state index is 0.326. The van der Waals surface area contributed by atoms with Crippen LogP contribution in [-0.4, -0.2) is 4.98 Å². The summed E-state index contributed by atoms with van der Waals surface area (Å²) < 4.78 is 0. The van der Waals surface area contributed by atoms with Gasteiger partial charge < -0.3 is 5.73 Å². The van der Waals surface area contributed by atoms with Crippen LogP contribution in [0.1, 0.15) is 11.1 Å². The van der Waals surface area contributed by atoms with Gasteiger partial charge in [-0.1, -0.05) is 41.6 Å². The van der Waals surface area contributed by atoms with Crippen LogP contribution in [-0.2, 0) is 0 Å². The van der Waals surface area contributed by atoms with Crippen molar-refractivity contribution < 1.29 is 0 Å². The average molecular weight is 229 g/mol. The molecule has 0 aliphatic rings. The zero-order chi connectivity index (χ0) is 11.4. The van der Waals surface area contributed by atoms with Crippen molar-refractivity contribution in [2.24, 2.45) is 0 Å². The zero-order valence-corrected chi connectivity index (χ0v) is 9.20. The van der Waals surface area contributed by atoms with Gasteiger partial charge in [0.1, 0.15) is 5.82 Å². The Hall–Kier alpha value is -1.98. The molecule has 0 atom stereocenters. The molecule has 1 heterocycles. The molecule has 0 aliphatic heterocycles. The molecule has 78 valence electrons. The van der Waals surface area contributed by atoms with Gasteiger partial charge in [0.15, 0.2) is 0 Å². The van der Waals surface area contributed by atoms with Gasteiger partial charge in [-0.25, -0.2) is 4.98 Å². The Labute approximate surface area is 99.1 Å². The number of anilines is 1. The Kier molecular flexibility index (Phi) is 3.09. The summed E-state index contributed by atoms with van der Waals surface area (Å²) in [6.07, 6.45) is 1.61. The van der Waals surface area contributed by atoms with Crippen LogP contribution < -0.4 is 5.73 Å². The van der Waals surface area contributed by atoms with Gasteiger partial charge in [-0.05, 0) is 18.2 Å². The molecule has 2 aromatic rings. The van der Waals surface area contributed by atoms with E-state index in [1.165, 1.54) is 0 Å². The first kappa shape index (κ1) is 10.5. The minimum absolute atomic E-state index is 0.326. The highest BCUT2D eigenvalue weighted by atomic mass is 35.5. The van der Waals surface area contributed by atoms with Crippen molar-refractivity contribution in [1.82, 2.24) is 4.98 Å². The van der Waals surface area contributed by atoms with Crippen LogP contribution in [0.5, 0.6) is 0 Å². The number of hydrogen-bond acceptors (Lipinski definition) is 2. The fraction of sp³-hybridized carbons (Fsp3) is 0. The summed E-state index contributed by atoms with van der Waals surface area (Å²) in [6, 6.07) is 11.4. The summed E-state index contributed by atoms with van der Waals surface area (Å²) in [5.41, 5.74) is 7.21. The van der Waals surface area contributed by atoms with Gasteiger partial charge in [-0.2, -0.15) is 0 Å². The molecule has 0 amide bonds. The largest absolute Gasteiger partial charge is 0.382 e. The Balaban J connectivity index is 2.28. The van der Waals surface area contributed by atoms with E-state index in [0.29, 0.717) is 10.8 Å². The summed E-state index contributed by atoms with van der Waals surface area (Å²) in [5, 5.41) is 0.430. The van der Waals surface area contributed by atoms with Crippen LogP contribution in [0.3, 0.4) is 0 Å². The summed E-state index contributed by atoms with van der Waals surface area (Å²) in [6.45, 7) is 0. The first-order valence-electron chi connectivity index (χ1n) is 4.74. The highest BCUT2D eigenvalue weighted by Gasteiger charge is 1.96. The van der Waals surface area contributed by atoms with E-state index in [-0.39, 0.29) is 0 Å². The highest BCUT2D eigenvalue weighted by Crippen LogP contribution is 2.15. The van der Waals surface area contributed by atoms with E-state index in [0.717, 1.165) is 11.1 Å². The topological polar surface area (TPSA) is 38.9 Å². The second kappa shape index (κ2) is 4.69. The molecule has 1 aromatic carbocycles. The molecule has 2 nitrogen and oxygen atoms in total. The third-order valence-corrected chi connectivity index (χ3v) is 2.30. The van der Waals surface area contributed by atoms with E-state index in [1.807, 2.05) is 30.3 Å². The van der Waals surface area contributed by atoms with Gasteiger partial charge >= 0.3 is 0 Å². The molecule has 1 aromatic heterocycles. The SMILES string of the molecule is Nc1ncc(C#Cc2ccccc2)cc1Cl. The molecule has 2 rings (SSSR count). The van der Waals surface area contributed by atoms with Crippen LogP contribution in [0.25, 0.3) is 0 Å². The Morgan fingerprint density at radius 2 is 1.75 bits per heavy atom. The molecular weight excluding hydrogens is 220 g/mol. The molecule has 3 heteroatoms. The molecule has 0 saturated heterocycles. The van der Waals surface area contributed by atoms with Crippen LogP contribution in [0, 0.1) is 11.8 Å². The zero-order valence-electron chi connectivity index (χ0n) is 8.44. The van der Waals surface area contributed by atoms with Crippen LogP contribution in [0.2, 0.25) is 5.02 Å². The van der Waals surface area contributed by atoms with Gasteiger partial charge in [0, 0.05) is 17.3 Å². The van der Waals surface area contributed by atoms with Crippen molar-refractivity contribution >= 4 is 17.4 Å². The number of rotatable bonds is 0. The molecular formula is C13H9ClN2. The van der Waals surface area contributed by atoms with Gasteiger partial charge in [0.05, 0.1) is 5.02 Å². The lowest BCUT2D eigenvalue weighted by molar-refractivity contribution is 1.32. The predicted molar refractivity (Wildman–Crippen MR) is 66.1 cm³/mol. The number of halogens is 1. The highest BCUT2D eigenvalue weighted by molar-refractivity contribution is 6.32. The van der Waals surface area contributed by atoms with Crippen molar-refractivity contribution in [1.29, 1.82) is 0 Å². The number of nitrogen functional groups attached to an aromatic ring is 1. The van der Waals surface area contributed by atoms with Crippen molar-refractivity contribution in [2.75, 3.05) is 5.73 Å². The van der Waals surface area contributed by atoms with E-state index in [2.05, 4.69) is 16.8 Å². The third kappa shape index (κ3) is 2.53. The smallest absolute Gasteiger partial charge is 0.142 e. The quantitative estimate of drug-likeness (QED) is 0.705. The Bertz CT molecular complexity index is 553. The van der Waals surface area contributed by atoms with Crippen LogP contribution in [0.15, 0.2) is 42.6 Å². The summed E-state index contributed by atoms with van der Waals surface area (Å²) in [4.78, 5) is 3.93. The molecule has 0 saturated carbocycles. The lowest BCUT2D eigenvalue weighted by Crippen LogP contribution is -1.91. The first-order valence-corrected chi connectivity index (χ1v) is 5.11. The van der Waals surface area contributed by atoms with E-state index < -0.39 is 0 Å². The van der Waals surface area contributed by atoms with Crippen molar-refractivity contribution in [3.05, 3.63) is 58.7 Å². The molecule has 0 fully saturated rings. The molecule has 0 radical (unpaired) electrons. The maximum Gasteiger partial charge on any atom is 0.142 e. The lowest BCUT2D eigenvalue weighted by atomic mass is 10.2. The second-order valence-electron chi connectivity index (χ2n) is 3.21. The molecule has 0 unspecified atom stereocenters. The normalized spacial score (nSPS) is 9.31. The average Bonchev–Trinajstić information content (AvgIpc) is 2.32. The van der Waals surface area contributed by atoms with Crippen molar-refractivity contribution in [3.8, 4) is 11.8 Å². The number of nitrogens with two attached hydrogens (primary N) is 1. The number of pyridine rings is 1. The minimum Gasteiger partial charge on any atom is -0.382 e. The number of hydrogen-bond donors (Lipinski definition) is 1. The standard InChI is InChI=1S/C13H9ClN2/c14-12-8-11(9-16-13(12)15)7-6-10-4-2-1-3-5-10/h1-5,8-9H,(H2,15,16). The third-order valence-electron chi connectivity index (χ3n) is 1.99. The van der Waals surface area contributed by atoms with Crippen molar-refractivity contribution in [2.45, 2.75) is 0 Å². The van der Waals surface area contributed by atoms with Gasteiger partial charge in [-0.3, -0.25) is 0 Å². The van der Waals surface area contributed by atoms with E-state index in [4.69, 9.17) is 17.3 Å². The number of benzene rings is 1. The lowest BCUT2D eigenvalue weighted by Gasteiger charge is -1.95. The second-order valence-corrected chi connectivity index (χ2v) is 3.61. The maximum absolute atomic E-state index is 5.84. The predicted octanol–water partition coefficient (Wildman–Crippen LogP) is 2.72. The van der Waals surface area contributed by atoms with E-state index in [1.54, 1.807) is 12.3 Å². The van der Waals surface area contributed by atoms with Gasteiger partial charge in [0.25, 0.3) is 0 Å². The molecule has 2 N–H and O–H groups in total. The van der Waals surface area contributed by atoms with Gasteiger partial charge in [-0.15, -0.1) is 0 Å². The van der Waals surface area contributed by atoms with E-state index >= 15 is 0 Å². The Morgan fingerprint density at radius 1 is 1.06 bits per heavy atom. The fourth-order valence-electron chi connectivity index (χ4n) is 1.18. The molecule has 0 bridgehead atoms. The van der Waals surface area contributed by atoms with Crippen molar-refractivity contribution in [3.63, 3.8) is 0 Å². The first-order chi connectivity index (χ1) is 7.75. The fourth-order valence-corrected chi connectivity index (χ4v) is 1.35. The van der Waals surface area contributed by atoms with E-state index in [9.17, 15) is 0 Å².